The Labute approximate surface area is 190 Å². The molecule has 0 spiro atoms. The molecule has 1 N–H and O–H groups in total. The summed E-state index contributed by atoms with van der Waals surface area (Å²) in [5.41, 5.74) is 5.51. The summed E-state index contributed by atoms with van der Waals surface area (Å²) >= 11 is 0. The van der Waals surface area contributed by atoms with Crippen molar-refractivity contribution in [1.82, 2.24) is 19.9 Å². The number of pyridine rings is 2. The van der Waals surface area contributed by atoms with Crippen LogP contribution in [-0.4, -0.2) is 39.4 Å². The number of methoxy groups -OCH3 is 1. The molecule has 5 aromatic rings. The van der Waals surface area contributed by atoms with E-state index in [1.807, 2.05) is 53.4 Å². The molecule has 2 aromatic carbocycles. The fourth-order valence-corrected chi connectivity index (χ4v) is 4.89. The van der Waals surface area contributed by atoms with E-state index in [0.29, 0.717) is 18.0 Å². The van der Waals surface area contributed by atoms with Gasteiger partial charge in [-0.25, -0.2) is 4.98 Å². The first-order valence-corrected chi connectivity index (χ1v) is 11.0. The number of carbonyl (C=O) groups is 1. The number of benzene rings is 2. The molecule has 33 heavy (non-hydrogen) atoms. The van der Waals surface area contributed by atoms with Crippen molar-refractivity contribution in [2.24, 2.45) is 0 Å². The van der Waals surface area contributed by atoms with Crippen molar-refractivity contribution >= 4 is 27.7 Å². The van der Waals surface area contributed by atoms with Crippen molar-refractivity contribution in [3.8, 4) is 5.88 Å². The molecular weight excluding hydrogens is 412 g/mol. The van der Waals surface area contributed by atoms with Crippen LogP contribution in [0.1, 0.15) is 33.4 Å². The van der Waals surface area contributed by atoms with E-state index in [-0.39, 0.29) is 11.9 Å². The van der Waals surface area contributed by atoms with Gasteiger partial charge in [-0.3, -0.25) is 9.78 Å². The van der Waals surface area contributed by atoms with Crippen molar-refractivity contribution < 1.29 is 9.53 Å². The number of nitrogens with one attached hydrogen (secondary N) is 1. The molecule has 1 aliphatic heterocycles. The Morgan fingerprint density at radius 3 is 2.64 bits per heavy atom. The first-order valence-electron chi connectivity index (χ1n) is 11.0. The first kappa shape index (κ1) is 19.5. The molecule has 1 unspecified atom stereocenters. The van der Waals surface area contributed by atoms with E-state index >= 15 is 0 Å². The largest absolute Gasteiger partial charge is 0.481 e. The number of amides is 1. The number of aromatic amines is 1. The summed E-state index contributed by atoms with van der Waals surface area (Å²) in [5.74, 6) is 0.363. The number of H-pyrrole nitrogens is 1. The first-order chi connectivity index (χ1) is 16.2. The molecule has 6 nitrogen and oxygen atoms in total. The highest BCUT2D eigenvalue weighted by Gasteiger charge is 2.36. The van der Waals surface area contributed by atoms with Crippen LogP contribution in [0.15, 0.2) is 79.0 Å². The standard InChI is InChI=1S/C27H22N4O2/c1-33-24-16-20(18-9-3-4-10-21(18)29-24)27(32)31-15-13-19-17-8-2-5-11-22(17)30-25(19)26(31)23-12-6-7-14-28-23/h2-12,14,16,26,30H,13,15H2,1H3. The van der Waals surface area contributed by atoms with Crippen LogP contribution >= 0.6 is 0 Å². The van der Waals surface area contributed by atoms with Gasteiger partial charge in [-0.1, -0.05) is 42.5 Å². The van der Waals surface area contributed by atoms with Crippen LogP contribution in [0.3, 0.4) is 0 Å². The lowest BCUT2D eigenvalue weighted by molar-refractivity contribution is 0.0690. The number of nitrogens with zero attached hydrogens (tertiary/aromatic N) is 3. The van der Waals surface area contributed by atoms with Crippen LogP contribution in [0.5, 0.6) is 5.88 Å². The maximum absolute atomic E-state index is 14.1. The topological polar surface area (TPSA) is 71.1 Å². The second-order valence-electron chi connectivity index (χ2n) is 8.20. The van der Waals surface area contributed by atoms with Crippen LogP contribution in [0.25, 0.3) is 21.8 Å². The zero-order chi connectivity index (χ0) is 22.4. The zero-order valence-corrected chi connectivity index (χ0v) is 18.2. The molecule has 0 saturated heterocycles. The summed E-state index contributed by atoms with van der Waals surface area (Å²) in [6, 6.07) is 23.2. The molecule has 6 heteroatoms. The van der Waals surface area contributed by atoms with Gasteiger partial charge in [0.05, 0.1) is 23.9 Å². The minimum Gasteiger partial charge on any atom is -0.481 e. The molecule has 4 heterocycles. The maximum atomic E-state index is 14.1. The number of hydrogen-bond donors (Lipinski definition) is 1. The molecule has 1 amide bonds. The number of fused-ring (bicyclic) bond motifs is 4. The van der Waals surface area contributed by atoms with Gasteiger partial charge in [0.15, 0.2) is 0 Å². The third kappa shape index (κ3) is 3.14. The highest BCUT2D eigenvalue weighted by atomic mass is 16.5. The number of ether oxygens (including phenoxy) is 1. The monoisotopic (exact) mass is 434 g/mol. The number of rotatable bonds is 3. The number of hydrogen-bond acceptors (Lipinski definition) is 4. The average molecular weight is 434 g/mol. The molecule has 1 aliphatic rings. The Balaban J connectivity index is 1.54. The van der Waals surface area contributed by atoms with E-state index in [0.717, 1.165) is 34.2 Å². The summed E-state index contributed by atoms with van der Waals surface area (Å²) < 4.78 is 5.41. The minimum absolute atomic E-state index is 0.0631. The average Bonchev–Trinajstić information content (AvgIpc) is 3.26. The maximum Gasteiger partial charge on any atom is 0.255 e. The fraction of sp³-hybridized carbons (Fsp3) is 0.148. The van der Waals surface area contributed by atoms with Crippen molar-refractivity contribution in [2.75, 3.05) is 13.7 Å². The van der Waals surface area contributed by atoms with Crippen LogP contribution in [0.2, 0.25) is 0 Å². The summed E-state index contributed by atoms with van der Waals surface area (Å²) in [7, 11) is 1.57. The van der Waals surface area contributed by atoms with E-state index in [1.54, 1.807) is 19.4 Å². The summed E-state index contributed by atoms with van der Waals surface area (Å²) in [4.78, 5) is 28.8. The van der Waals surface area contributed by atoms with Crippen LogP contribution in [0, 0.1) is 0 Å². The molecule has 0 bridgehead atoms. The molecule has 0 saturated carbocycles. The van der Waals surface area contributed by atoms with E-state index in [4.69, 9.17) is 4.74 Å². The molecule has 0 radical (unpaired) electrons. The van der Waals surface area contributed by atoms with Gasteiger partial charge in [-0.15, -0.1) is 0 Å². The van der Waals surface area contributed by atoms with Gasteiger partial charge >= 0.3 is 0 Å². The molecule has 1 atom stereocenters. The lowest BCUT2D eigenvalue weighted by Crippen LogP contribution is -2.41. The van der Waals surface area contributed by atoms with Gasteiger partial charge in [-0.05, 0) is 36.2 Å². The molecule has 0 fully saturated rings. The lowest BCUT2D eigenvalue weighted by atomic mass is 9.93. The normalized spacial score (nSPS) is 15.5. The Morgan fingerprint density at radius 2 is 1.82 bits per heavy atom. The van der Waals surface area contributed by atoms with Crippen LogP contribution in [-0.2, 0) is 6.42 Å². The van der Waals surface area contributed by atoms with E-state index in [1.165, 1.54) is 10.9 Å². The predicted molar refractivity (Wildman–Crippen MR) is 127 cm³/mol. The summed E-state index contributed by atoms with van der Waals surface area (Å²) in [6.07, 6.45) is 2.55. The lowest BCUT2D eigenvalue weighted by Gasteiger charge is -2.36. The third-order valence-corrected chi connectivity index (χ3v) is 6.40. The number of aromatic nitrogens is 3. The van der Waals surface area contributed by atoms with E-state index < -0.39 is 0 Å². The van der Waals surface area contributed by atoms with Gasteiger partial charge in [0, 0.05) is 40.8 Å². The van der Waals surface area contributed by atoms with E-state index in [2.05, 4.69) is 33.2 Å². The molecule has 162 valence electrons. The van der Waals surface area contributed by atoms with Gasteiger partial charge in [0.25, 0.3) is 5.91 Å². The SMILES string of the molecule is COc1cc(C(=O)N2CCc3c([nH]c4ccccc34)C2c2ccccn2)c2ccccc2n1. The van der Waals surface area contributed by atoms with Gasteiger partial charge in [0.2, 0.25) is 5.88 Å². The van der Waals surface area contributed by atoms with Gasteiger partial charge in [-0.2, -0.15) is 0 Å². The van der Waals surface area contributed by atoms with Crippen molar-refractivity contribution in [3.05, 3.63) is 102 Å². The molecule has 3 aromatic heterocycles. The summed E-state index contributed by atoms with van der Waals surface area (Å²) in [6.45, 7) is 0.591. The quantitative estimate of drug-likeness (QED) is 0.438. The third-order valence-electron chi connectivity index (χ3n) is 6.40. The molecular formula is C27H22N4O2. The number of carbonyl (C=O) groups excluding carboxylic acids is 1. The zero-order valence-electron chi connectivity index (χ0n) is 18.2. The summed E-state index contributed by atoms with van der Waals surface area (Å²) in [5, 5.41) is 2.02. The second kappa shape index (κ2) is 7.74. The van der Waals surface area contributed by atoms with Crippen molar-refractivity contribution in [2.45, 2.75) is 12.5 Å². The molecule has 6 rings (SSSR count). The Bertz CT molecular complexity index is 1490. The Hall–Kier alpha value is -4.19. The minimum atomic E-state index is -0.312. The van der Waals surface area contributed by atoms with E-state index in [9.17, 15) is 4.79 Å². The van der Waals surface area contributed by atoms with Crippen molar-refractivity contribution in [1.29, 1.82) is 0 Å². The highest BCUT2D eigenvalue weighted by molar-refractivity contribution is 6.07. The van der Waals surface area contributed by atoms with Gasteiger partial charge < -0.3 is 14.6 Å². The Kier molecular flexibility index (Phi) is 4.57. The molecule has 0 aliphatic carbocycles. The smallest absolute Gasteiger partial charge is 0.255 e. The number of para-hydroxylation sites is 2. The Morgan fingerprint density at radius 1 is 1.03 bits per heavy atom. The second-order valence-corrected chi connectivity index (χ2v) is 8.20. The predicted octanol–water partition coefficient (Wildman–Crippen LogP) is 4.91. The van der Waals surface area contributed by atoms with Crippen LogP contribution < -0.4 is 4.74 Å². The van der Waals surface area contributed by atoms with Crippen LogP contribution in [0.4, 0.5) is 0 Å². The van der Waals surface area contributed by atoms with Crippen molar-refractivity contribution in [3.63, 3.8) is 0 Å². The fourth-order valence-electron chi connectivity index (χ4n) is 4.89. The van der Waals surface area contributed by atoms with Gasteiger partial charge in [0.1, 0.15) is 6.04 Å². The highest BCUT2D eigenvalue weighted by Crippen LogP contribution is 2.39.